The van der Waals surface area contributed by atoms with E-state index in [1.165, 1.54) is 11.9 Å². The van der Waals surface area contributed by atoms with Crippen LogP contribution in [0.4, 0.5) is 23.0 Å². The first-order valence-electron chi connectivity index (χ1n) is 8.62. The van der Waals surface area contributed by atoms with Gasteiger partial charge in [-0.05, 0) is 25.5 Å². The zero-order valence-electron chi connectivity index (χ0n) is 14.9. The van der Waals surface area contributed by atoms with Crippen LogP contribution < -0.4 is 16.4 Å². The third-order valence-electron chi connectivity index (χ3n) is 4.34. The second-order valence-electron chi connectivity index (χ2n) is 6.31. The molecule has 0 amide bonds. The lowest BCUT2D eigenvalue weighted by molar-refractivity contribution is 0.0398. The second-order valence-corrected chi connectivity index (χ2v) is 6.31. The quantitative estimate of drug-likeness (QED) is 0.741. The zero-order chi connectivity index (χ0) is 17.6. The van der Waals surface area contributed by atoms with E-state index in [-0.39, 0.29) is 0 Å². The largest absolute Gasteiger partial charge is 0.393 e. The smallest absolute Gasteiger partial charge is 0.159 e. The van der Waals surface area contributed by atoms with E-state index in [2.05, 4.69) is 51.5 Å². The molecule has 0 unspecified atom stereocenters. The van der Waals surface area contributed by atoms with Gasteiger partial charge in [-0.2, -0.15) is 0 Å². The van der Waals surface area contributed by atoms with Crippen molar-refractivity contribution in [2.45, 2.75) is 13.8 Å². The van der Waals surface area contributed by atoms with Crippen LogP contribution in [0.3, 0.4) is 0 Å². The maximum Gasteiger partial charge on any atom is 0.159 e. The van der Waals surface area contributed by atoms with Crippen molar-refractivity contribution < 1.29 is 4.74 Å². The lowest BCUT2D eigenvalue weighted by atomic mass is 10.1. The van der Waals surface area contributed by atoms with Gasteiger partial charge in [0.1, 0.15) is 12.0 Å². The number of benzene rings is 1. The van der Waals surface area contributed by atoms with Crippen LogP contribution >= 0.6 is 0 Å². The van der Waals surface area contributed by atoms with Crippen LogP contribution in [0.15, 0.2) is 24.5 Å². The van der Waals surface area contributed by atoms with Crippen LogP contribution in [0.2, 0.25) is 0 Å². The van der Waals surface area contributed by atoms with Gasteiger partial charge in [0.2, 0.25) is 0 Å². The number of hydrogen-bond acceptors (Lipinski definition) is 7. The maximum absolute atomic E-state index is 6.25. The Morgan fingerprint density at radius 2 is 1.92 bits per heavy atom. The van der Waals surface area contributed by atoms with Gasteiger partial charge in [-0.1, -0.05) is 17.7 Å². The van der Waals surface area contributed by atoms with Crippen molar-refractivity contribution in [2.24, 2.45) is 0 Å². The summed E-state index contributed by atoms with van der Waals surface area (Å²) in [5.41, 5.74) is 10.2. The minimum atomic E-state index is 0.532. The molecule has 4 N–H and O–H groups in total. The van der Waals surface area contributed by atoms with E-state index >= 15 is 0 Å². The molecule has 1 aliphatic rings. The van der Waals surface area contributed by atoms with E-state index in [1.807, 2.05) is 6.07 Å². The van der Waals surface area contributed by atoms with Crippen LogP contribution in [-0.4, -0.2) is 54.3 Å². The summed E-state index contributed by atoms with van der Waals surface area (Å²) in [5.74, 6) is 1.28. The Bertz CT molecular complexity index is 715. The summed E-state index contributed by atoms with van der Waals surface area (Å²) in [6, 6.07) is 6.23. The predicted octanol–water partition coefficient (Wildman–Crippen LogP) is 2.16. The van der Waals surface area contributed by atoms with Crippen LogP contribution in [0.5, 0.6) is 0 Å². The lowest BCUT2D eigenvalue weighted by Crippen LogP contribution is -2.39. The van der Waals surface area contributed by atoms with Gasteiger partial charge in [0.25, 0.3) is 0 Å². The second kappa shape index (κ2) is 8.13. The van der Waals surface area contributed by atoms with Crippen LogP contribution in [0.1, 0.15) is 11.1 Å². The van der Waals surface area contributed by atoms with Crippen molar-refractivity contribution in [3.05, 3.63) is 35.7 Å². The molecule has 7 nitrogen and oxygen atoms in total. The van der Waals surface area contributed by atoms with Gasteiger partial charge >= 0.3 is 0 Å². The summed E-state index contributed by atoms with van der Waals surface area (Å²) in [6.07, 6.45) is 1.53. The molecule has 1 fully saturated rings. The third kappa shape index (κ3) is 4.58. The number of nitrogens with one attached hydrogen (secondary N) is 2. The molecule has 7 heteroatoms. The van der Waals surface area contributed by atoms with Crippen molar-refractivity contribution in [1.82, 2.24) is 14.9 Å². The summed E-state index contributed by atoms with van der Waals surface area (Å²) in [7, 11) is 0. The van der Waals surface area contributed by atoms with Crippen LogP contribution in [-0.2, 0) is 4.74 Å². The lowest BCUT2D eigenvalue weighted by Gasteiger charge is -2.26. The van der Waals surface area contributed by atoms with Crippen molar-refractivity contribution in [3.8, 4) is 0 Å². The molecular weight excluding hydrogens is 316 g/mol. The normalized spacial score (nSPS) is 15.1. The zero-order valence-corrected chi connectivity index (χ0v) is 14.9. The Morgan fingerprint density at radius 3 is 2.68 bits per heavy atom. The molecule has 134 valence electrons. The number of aryl methyl sites for hydroxylation is 2. The fraction of sp³-hybridized carbons (Fsp3) is 0.444. The van der Waals surface area contributed by atoms with Crippen molar-refractivity contribution in [2.75, 3.05) is 55.8 Å². The molecule has 0 saturated carbocycles. The van der Waals surface area contributed by atoms with E-state index < -0.39 is 0 Å². The highest BCUT2D eigenvalue weighted by Crippen LogP contribution is 2.27. The number of morpholine rings is 1. The Balaban J connectivity index is 1.63. The highest BCUT2D eigenvalue weighted by Gasteiger charge is 2.12. The summed E-state index contributed by atoms with van der Waals surface area (Å²) < 4.78 is 5.36. The number of anilines is 4. The monoisotopic (exact) mass is 342 g/mol. The molecule has 3 rings (SSSR count). The fourth-order valence-corrected chi connectivity index (χ4v) is 2.87. The first kappa shape index (κ1) is 17.4. The van der Waals surface area contributed by atoms with Crippen molar-refractivity contribution in [1.29, 1.82) is 0 Å². The van der Waals surface area contributed by atoms with E-state index in [0.717, 1.165) is 50.6 Å². The number of hydrogen-bond donors (Lipinski definition) is 3. The Kier molecular flexibility index (Phi) is 5.67. The predicted molar refractivity (Wildman–Crippen MR) is 101 cm³/mol. The molecule has 0 bridgehead atoms. The van der Waals surface area contributed by atoms with Gasteiger partial charge in [-0.3, -0.25) is 4.90 Å². The molecule has 0 aliphatic carbocycles. The van der Waals surface area contributed by atoms with E-state index in [9.17, 15) is 0 Å². The van der Waals surface area contributed by atoms with Gasteiger partial charge in [0.05, 0.1) is 13.2 Å². The number of nitrogens with two attached hydrogens (primary N) is 1. The highest BCUT2D eigenvalue weighted by molar-refractivity contribution is 5.78. The van der Waals surface area contributed by atoms with Gasteiger partial charge in [-0.15, -0.1) is 0 Å². The Hall–Kier alpha value is -2.38. The van der Waals surface area contributed by atoms with Gasteiger partial charge < -0.3 is 21.1 Å². The number of nitrogen functional groups attached to an aromatic ring is 1. The van der Waals surface area contributed by atoms with Crippen molar-refractivity contribution in [3.63, 3.8) is 0 Å². The summed E-state index contributed by atoms with van der Waals surface area (Å²) in [4.78, 5) is 10.9. The van der Waals surface area contributed by atoms with Gasteiger partial charge in [0, 0.05) is 31.9 Å². The van der Waals surface area contributed by atoms with E-state index in [0.29, 0.717) is 17.3 Å². The number of nitrogens with zero attached hydrogens (tertiary/aromatic N) is 3. The van der Waals surface area contributed by atoms with Gasteiger partial charge in [-0.25, -0.2) is 9.97 Å². The minimum absolute atomic E-state index is 0.532. The molecule has 0 spiro atoms. The first-order chi connectivity index (χ1) is 12.1. The minimum Gasteiger partial charge on any atom is -0.393 e. The topological polar surface area (TPSA) is 88.3 Å². The number of ether oxygens (including phenoxy) is 1. The summed E-state index contributed by atoms with van der Waals surface area (Å²) >= 11 is 0. The number of rotatable bonds is 6. The third-order valence-corrected chi connectivity index (χ3v) is 4.34. The number of aromatic nitrogens is 2. The molecule has 1 saturated heterocycles. The Morgan fingerprint density at radius 1 is 1.16 bits per heavy atom. The van der Waals surface area contributed by atoms with E-state index in [4.69, 9.17) is 10.5 Å². The molecule has 1 aromatic heterocycles. The van der Waals surface area contributed by atoms with E-state index in [1.54, 1.807) is 0 Å². The maximum atomic E-state index is 6.25. The Labute approximate surface area is 148 Å². The summed E-state index contributed by atoms with van der Waals surface area (Å²) in [6.45, 7) is 9.41. The SMILES string of the molecule is Cc1ccc(Nc2ncnc(NCCN3CCOCC3)c2N)c(C)c1. The average molecular weight is 342 g/mol. The standard InChI is InChI=1S/C18H26N6O/c1-13-3-4-15(14(2)11-13)23-18-16(19)17(21-12-22-18)20-5-6-24-7-9-25-10-8-24/h3-4,11-12H,5-10,19H2,1-2H3,(H2,20,21,22,23). The molecule has 2 heterocycles. The first-order valence-corrected chi connectivity index (χ1v) is 8.62. The van der Waals surface area contributed by atoms with Crippen molar-refractivity contribution >= 4 is 23.0 Å². The van der Waals surface area contributed by atoms with Gasteiger partial charge in [0.15, 0.2) is 11.6 Å². The molecule has 0 atom stereocenters. The highest BCUT2D eigenvalue weighted by atomic mass is 16.5. The molecular formula is C18H26N6O. The molecule has 25 heavy (non-hydrogen) atoms. The summed E-state index contributed by atoms with van der Waals surface area (Å²) in [5, 5.41) is 6.62. The fourth-order valence-electron chi connectivity index (χ4n) is 2.87. The molecule has 2 aromatic rings. The average Bonchev–Trinajstić information content (AvgIpc) is 2.61. The molecule has 0 radical (unpaired) electrons. The van der Waals surface area contributed by atoms with Crippen LogP contribution in [0.25, 0.3) is 0 Å². The van der Waals surface area contributed by atoms with Crippen LogP contribution in [0, 0.1) is 13.8 Å². The molecule has 1 aliphatic heterocycles. The molecule has 1 aromatic carbocycles.